The van der Waals surface area contributed by atoms with Crippen molar-refractivity contribution in [3.63, 3.8) is 0 Å². The van der Waals surface area contributed by atoms with Gasteiger partial charge >= 0.3 is 18.1 Å². The molecule has 0 spiro atoms. The highest BCUT2D eigenvalue weighted by atomic mass is 19.4. The third-order valence-corrected chi connectivity index (χ3v) is 2.91. The van der Waals surface area contributed by atoms with Gasteiger partial charge in [0.2, 0.25) is 0 Å². The molecule has 0 aromatic heterocycles. The van der Waals surface area contributed by atoms with E-state index in [0.717, 1.165) is 0 Å². The van der Waals surface area contributed by atoms with E-state index in [1.807, 2.05) is 13.8 Å². The van der Waals surface area contributed by atoms with Gasteiger partial charge in [0.15, 0.2) is 0 Å². The summed E-state index contributed by atoms with van der Waals surface area (Å²) in [5.41, 5.74) is -0.0681. The molecule has 1 rings (SSSR count). The highest BCUT2D eigenvalue weighted by molar-refractivity contribution is 5.87. The normalized spacial score (nSPS) is 21.5. The molecule has 0 radical (unpaired) electrons. The van der Waals surface area contributed by atoms with Crippen molar-refractivity contribution in [1.82, 2.24) is 5.32 Å². The summed E-state index contributed by atoms with van der Waals surface area (Å²) < 4.78 is 36.0. The fourth-order valence-corrected chi connectivity index (χ4v) is 2.20. The first-order valence-electron chi connectivity index (χ1n) is 5.13. The van der Waals surface area contributed by atoms with Gasteiger partial charge in [0.05, 0.1) is 0 Å². The molecule has 1 amide bonds. The van der Waals surface area contributed by atoms with E-state index in [0.29, 0.717) is 12.8 Å². The van der Waals surface area contributed by atoms with Crippen LogP contribution in [0.25, 0.3) is 0 Å². The predicted molar refractivity (Wildman–Crippen MR) is 52.1 cm³/mol. The van der Waals surface area contributed by atoms with Gasteiger partial charge in [-0.1, -0.05) is 13.8 Å². The molecule has 0 aromatic rings. The summed E-state index contributed by atoms with van der Waals surface area (Å²) in [6.07, 6.45) is -4.07. The summed E-state index contributed by atoms with van der Waals surface area (Å²) in [7, 11) is 0. The van der Waals surface area contributed by atoms with E-state index in [4.69, 9.17) is 5.11 Å². The van der Waals surface area contributed by atoms with Crippen LogP contribution in [0.2, 0.25) is 0 Å². The molecule has 4 nitrogen and oxygen atoms in total. The lowest BCUT2D eigenvalue weighted by Gasteiger charge is -2.45. The van der Waals surface area contributed by atoms with Crippen LogP contribution in [0, 0.1) is 11.3 Å². The number of carboxylic acids is 1. The van der Waals surface area contributed by atoms with Gasteiger partial charge in [-0.05, 0) is 24.2 Å². The van der Waals surface area contributed by atoms with Crippen molar-refractivity contribution >= 4 is 11.9 Å². The molecule has 1 aliphatic rings. The number of rotatable bonds is 3. The average molecular weight is 253 g/mol. The summed E-state index contributed by atoms with van der Waals surface area (Å²) in [4.78, 5) is 21.5. The zero-order chi connectivity index (χ0) is 13.4. The summed E-state index contributed by atoms with van der Waals surface area (Å²) in [6, 6.07) is -1.46. The van der Waals surface area contributed by atoms with Gasteiger partial charge in [0, 0.05) is 0 Å². The minimum atomic E-state index is -5.05. The molecule has 98 valence electrons. The highest BCUT2D eigenvalue weighted by Gasteiger charge is 2.47. The fourth-order valence-electron chi connectivity index (χ4n) is 2.20. The molecule has 1 atom stereocenters. The van der Waals surface area contributed by atoms with Crippen LogP contribution in [0.3, 0.4) is 0 Å². The molecule has 1 unspecified atom stereocenters. The number of alkyl halides is 3. The van der Waals surface area contributed by atoms with E-state index in [-0.39, 0.29) is 5.41 Å². The van der Waals surface area contributed by atoms with E-state index in [9.17, 15) is 22.8 Å². The SMILES string of the molecule is CC1(C)CC(C(NC(=O)C(F)(F)F)C(=O)O)C1. The Labute approximate surface area is 96.2 Å². The smallest absolute Gasteiger partial charge is 0.471 e. The molecule has 1 fully saturated rings. The van der Waals surface area contributed by atoms with Crippen molar-refractivity contribution in [1.29, 1.82) is 0 Å². The summed E-state index contributed by atoms with van der Waals surface area (Å²) in [5.74, 6) is -4.06. The van der Waals surface area contributed by atoms with E-state index >= 15 is 0 Å². The van der Waals surface area contributed by atoms with Crippen molar-refractivity contribution in [2.45, 2.75) is 38.9 Å². The minimum absolute atomic E-state index is 0.0681. The van der Waals surface area contributed by atoms with Gasteiger partial charge in [-0.2, -0.15) is 13.2 Å². The standard InChI is InChI=1S/C10H14F3NO3/c1-9(2)3-5(4-9)6(7(15)16)14-8(17)10(11,12)13/h5-6H,3-4H2,1-2H3,(H,14,17)(H,15,16). The molecule has 0 aromatic carbocycles. The van der Waals surface area contributed by atoms with Gasteiger partial charge in [-0.3, -0.25) is 4.79 Å². The lowest BCUT2D eigenvalue weighted by Crippen LogP contribution is -2.54. The van der Waals surface area contributed by atoms with Crippen molar-refractivity contribution in [3.05, 3.63) is 0 Å². The van der Waals surface area contributed by atoms with E-state index in [1.54, 1.807) is 0 Å². The Balaban J connectivity index is 2.64. The van der Waals surface area contributed by atoms with Crippen LogP contribution < -0.4 is 5.32 Å². The number of amides is 1. The second-order valence-electron chi connectivity index (χ2n) is 5.12. The Morgan fingerprint density at radius 1 is 1.35 bits per heavy atom. The number of aliphatic carboxylic acids is 1. The predicted octanol–water partition coefficient (Wildman–Crippen LogP) is 1.55. The lowest BCUT2D eigenvalue weighted by atomic mass is 9.62. The molecule has 17 heavy (non-hydrogen) atoms. The van der Waals surface area contributed by atoms with Crippen LogP contribution in [0.15, 0.2) is 0 Å². The molecule has 2 N–H and O–H groups in total. The maximum atomic E-state index is 12.0. The molecule has 7 heteroatoms. The molecular weight excluding hydrogens is 239 g/mol. The Hall–Kier alpha value is -1.27. The van der Waals surface area contributed by atoms with Crippen molar-refractivity contribution in [2.24, 2.45) is 11.3 Å². The van der Waals surface area contributed by atoms with Crippen LogP contribution in [-0.2, 0) is 9.59 Å². The molecule has 1 saturated carbocycles. The van der Waals surface area contributed by atoms with Crippen molar-refractivity contribution in [3.8, 4) is 0 Å². The van der Waals surface area contributed by atoms with Crippen LogP contribution in [0.1, 0.15) is 26.7 Å². The maximum Gasteiger partial charge on any atom is 0.471 e. The van der Waals surface area contributed by atoms with Crippen LogP contribution in [0.4, 0.5) is 13.2 Å². The van der Waals surface area contributed by atoms with Crippen LogP contribution in [-0.4, -0.2) is 29.2 Å². The molecular formula is C10H14F3NO3. The van der Waals surface area contributed by atoms with E-state index in [2.05, 4.69) is 0 Å². The van der Waals surface area contributed by atoms with Gasteiger partial charge in [0.25, 0.3) is 0 Å². The third-order valence-electron chi connectivity index (χ3n) is 2.91. The highest BCUT2D eigenvalue weighted by Crippen LogP contribution is 2.46. The monoisotopic (exact) mass is 253 g/mol. The fraction of sp³-hybridized carbons (Fsp3) is 0.800. The summed E-state index contributed by atoms with van der Waals surface area (Å²) >= 11 is 0. The second kappa shape index (κ2) is 4.19. The Morgan fingerprint density at radius 3 is 2.12 bits per heavy atom. The lowest BCUT2D eigenvalue weighted by molar-refractivity contribution is -0.177. The first-order chi connectivity index (χ1) is 7.53. The first-order valence-corrected chi connectivity index (χ1v) is 5.13. The quantitative estimate of drug-likeness (QED) is 0.802. The maximum absolute atomic E-state index is 12.0. The average Bonchev–Trinajstić information content (AvgIpc) is 2.07. The number of carbonyl (C=O) groups is 2. The van der Waals surface area contributed by atoms with Gasteiger partial charge in [-0.15, -0.1) is 0 Å². The number of nitrogens with one attached hydrogen (secondary N) is 1. The number of carbonyl (C=O) groups excluding carboxylic acids is 1. The van der Waals surface area contributed by atoms with Gasteiger partial charge in [-0.25, -0.2) is 4.79 Å². The number of hydrogen-bond donors (Lipinski definition) is 2. The molecule has 0 bridgehead atoms. The number of carboxylic acid groups (broad SMARTS) is 1. The Kier molecular flexibility index (Phi) is 3.40. The molecule has 0 heterocycles. The molecule has 0 aliphatic heterocycles. The molecule has 0 saturated heterocycles. The summed E-state index contributed by atoms with van der Waals surface area (Å²) in [6.45, 7) is 3.79. The Bertz CT molecular complexity index is 330. The van der Waals surface area contributed by atoms with E-state index < -0.39 is 30.0 Å². The van der Waals surface area contributed by atoms with Gasteiger partial charge < -0.3 is 10.4 Å². The zero-order valence-corrected chi connectivity index (χ0v) is 9.47. The van der Waals surface area contributed by atoms with Gasteiger partial charge in [0.1, 0.15) is 6.04 Å². The minimum Gasteiger partial charge on any atom is -0.480 e. The molecule has 1 aliphatic carbocycles. The second-order valence-corrected chi connectivity index (χ2v) is 5.12. The van der Waals surface area contributed by atoms with Crippen molar-refractivity contribution in [2.75, 3.05) is 0 Å². The number of hydrogen-bond acceptors (Lipinski definition) is 2. The van der Waals surface area contributed by atoms with Crippen molar-refractivity contribution < 1.29 is 27.9 Å². The van der Waals surface area contributed by atoms with Crippen LogP contribution >= 0.6 is 0 Å². The largest absolute Gasteiger partial charge is 0.480 e. The topological polar surface area (TPSA) is 66.4 Å². The first kappa shape index (κ1) is 13.8. The Morgan fingerprint density at radius 2 is 1.82 bits per heavy atom. The third kappa shape index (κ3) is 3.34. The van der Waals surface area contributed by atoms with E-state index in [1.165, 1.54) is 5.32 Å². The summed E-state index contributed by atoms with van der Waals surface area (Å²) in [5, 5.41) is 10.3. The number of halogens is 3. The zero-order valence-electron chi connectivity index (χ0n) is 9.47. The van der Waals surface area contributed by atoms with Crippen LogP contribution in [0.5, 0.6) is 0 Å².